The van der Waals surface area contributed by atoms with Crippen molar-refractivity contribution in [2.24, 2.45) is 23.2 Å². The molecule has 3 aliphatic heterocycles. The van der Waals surface area contributed by atoms with Crippen LogP contribution < -0.4 is 0 Å². The fraction of sp³-hybridized carbons (Fsp3) is 0.914. The zero-order valence-electron chi connectivity index (χ0n) is 30.6. The van der Waals surface area contributed by atoms with Gasteiger partial charge in [-0.3, -0.25) is 14.4 Å². The lowest BCUT2D eigenvalue weighted by Gasteiger charge is -2.47. The quantitative estimate of drug-likeness (QED) is 0.338. The van der Waals surface area contributed by atoms with Crippen molar-refractivity contribution in [3.8, 4) is 0 Å². The first-order valence-electron chi connectivity index (χ1n) is 17.3. The van der Waals surface area contributed by atoms with Crippen LogP contribution >= 0.6 is 0 Å². The molecule has 3 saturated heterocycles. The van der Waals surface area contributed by atoms with Gasteiger partial charge in [0.25, 0.3) is 0 Å². The van der Waals surface area contributed by atoms with Crippen LogP contribution in [0.4, 0.5) is 0 Å². The second kappa shape index (κ2) is 15.7. The molecule has 0 radical (unpaired) electrons. The normalized spacial score (nSPS) is 37.8. The minimum absolute atomic E-state index is 0.0377. The first-order chi connectivity index (χ1) is 21.3. The number of ketones is 1. The van der Waals surface area contributed by atoms with Crippen LogP contribution in [-0.2, 0) is 33.3 Å². The Morgan fingerprint density at radius 3 is 2.22 bits per heavy atom. The summed E-state index contributed by atoms with van der Waals surface area (Å²) < 4.78 is 25.0. The molecule has 266 valence electrons. The fourth-order valence-electron chi connectivity index (χ4n) is 7.95. The number of cyclic esters (lactones) is 1. The van der Waals surface area contributed by atoms with Gasteiger partial charge in [-0.2, -0.15) is 0 Å². The van der Waals surface area contributed by atoms with Gasteiger partial charge in [-0.15, -0.1) is 0 Å². The predicted molar refractivity (Wildman–Crippen MR) is 176 cm³/mol. The molecular formula is C35H63N3O8. The molecule has 1 N–H and O–H groups in total. The maximum Gasteiger partial charge on any atom is 0.319 e. The third-order valence-corrected chi connectivity index (χ3v) is 10.9. The number of carbonyl (C=O) groups is 3. The van der Waals surface area contributed by atoms with E-state index in [1.54, 1.807) is 34.8 Å². The summed E-state index contributed by atoms with van der Waals surface area (Å²) in [7, 11) is 5.41. The molecule has 0 aromatic heterocycles. The second-order valence-electron chi connectivity index (χ2n) is 15.5. The van der Waals surface area contributed by atoms with Crippen molar-refractivity contribution >= 4 is 17.7 Å². The van der Waals surface area contributed by atoms with Crippen molar-refractivity contribution in [1.82, 2.24) is 14.7 Å². The van der Waals surface area contributed by atoms with E-state index in [0.29, 0.717) is 25.4 Å². The standard InChI is InChI=1S/C35H63N3O8/c1-21(2)37-15-13-26(14-16-37)28-20-44-33(42)34(7,8)30(41)24(5)31(35(9,43-12)18-22(3)19-38(28)25(6)39)46-32-29(40)27(36(10)11)17-23(4)45-32/h21-24,26-29,31-32,40H,13-20H2,1-12H3/t22-,23-,24+,27+,28+,29-,31-,32+,35-/m1/s1. The molecule has 3 fully saturated rings. The highest BCUT2D eigenvalue weighted by Gasteiger charge is 2.52. The van der Waals surface area contributed by atoms with E-state index in [-0.39, 0.29) is 48.3 Å². The van der Waals surface area contributed by atoms with E-state index in [0.717, 1.165) is 25.9 Å². The van der Waals surface area contributed by atoms with Crippen molar-refractivity contribution in [1.29, 1.82) is 0 Å². The first-order valence-corrected chi connectivity index (χ1v) is 17.3. The number of hydrogen-bond acceptors (Lipinski definition) is 10. The summed E-state index contributed by atoms with van der Waals surface area (Å²) in [6.45, 7) is 19.1. The third-order valence-electron chi connectivity index (χ3n) is 10.9. The minimum Gasteiger partial charge on any atom is -0.463 e. The van der Waals surface area contributed by atoms with Crippen molar-refractivity contribution in [2.45, 2.75) is 136 Å². The maximum atomic E-state index is 14.3. The molecule has 3 heterocycles. The average Bonchev–Trinajstić information content (AvgIpc) is 2.99. The summed E-state index contributed by atoms with van der Waals surface area (Å²) in [5, 5.41) is 11.3. The minimum atomic E-state index is -1.49. The highest BCUT2D eigenvalue weighted by Crippen LogP contribution is 2.39. The Hall–Kier alpha value is -1.63. The number of amides is 1. The Morgan fingerprint density at radius 2 is 1.70 bits per heavy atom. The molecule has 0 spiro atoms. The van der Waals surface area contributed by atoms with Gasteiger partial charge in [0.2, 0.25) is 5.91 Å². The summed E-state index contributed by atoms with van der Waals surface area (Å²) >= 11 is 0. The number of ether oxygens (including phenoxy) is 4. The molecule has 1 amide bonds. The molecule has 0 aromatic carbocycles. The monoisotopic (exact) mass is 653 g/mol. The van der Waals surface area contributed by atoms with Gasteiger partial charge in [0, 0.05) is 38.6 Å². The molecular weight excluding hydrogens is 590 g/mol. The Kier molecular flexibility index (Phi) is 13.3. The van der Waals surface area contributed by atoms with Gasteiger partial charge in [0.1, 0.15) is 18.1 Å². The van der Waals surface area contributed by atoms with Crippen molar-refractivity contribution in [3.63, 3.8) is 0 Å². The number of rotatable bonds is 6. The number of piperidine rings is 1. The summed E-state index contributed by atoms with van der Waals surface area (Å²) in [6, 6.07) is -0.0731. The summed E-state index contributed by atoms with van der Waals surface area (Å²) in [5.41, 5.74) is -2.52. The van der Waals surface area contributed by atoms with Crippen LogP contribution in [0.5, 0.6) is 0 Å². The molecule has 11 heteroatoms. The van der Waals surface area contributed by atoms with Crippen LogP contribution in [0, 0.1) is 23.2 Å². The number of Topliss-reactive ketones (excluding diaryl/α,β-unsaturated/α-hetero) is 1. The zero-order valence-corrected chi connectivity index (χ0v) is 30.6. The van der Waals surface area contributed by atoms with Crippen molar-refractivity contribution in [2.75, 3.05) is 47.4 Å². The van der Waals surface area contributed by atoms with Crippen LogP contribution in [0.3, 0.4) is 0 Å². The molecule has 46 heavy (non-hydrogen) atoms. The van der Waals surface area contributed by atoms with Gasteiger partial charge in [0.05, 0.1) is 23.9 Å². The number of carbonyl (C=O) groups excluding carboxylic acids is 3. The van der Waals surface area contributed by atoms with Crippen molar-refractivity contribution in [3.05, 3.63) is 0 Å². The Morgan fingerprint density at radius 1 is 1.09 bits per heavy atom. The molecule has 0 aromatic rings. The molecule has 3 aliphatic rings. The number of aliphatic hydroxyl groups is 1. The topological polar surface area (TPSA) is 118 Å². The third kappa shape index (κ3) is 8.69. The van der Waals surface area contributed by atoms with Crippen LogP contribution in [0.15, 0.2) is 0 Å². The highest BCUT2D eigenvalue weighted by atomic mass is 16.7. The number of methoxy groups -OCH3 is 1. The summed E-state index contributed by atoms with van der Waals surface area (Å²) in [6.07, 6.45) is -0.182. The number of likely N-dealkylation sites (tertiary alicyclic amines) is 1. The highest BCUT2D eigenvalue weighted by molar-refractivity contribution is 6.04. The van der Waals surface area contributed by atoms with Crippen molar-refractivity contribution < 1.29 is 38.4 Å². The lowest BCUT2D eigenvalue weighted by atomic mass is 9.74. The fourth-order valence-corrected chi connectivity index (χ4v) is 7.95. The van der Waals surface area contributed by atoms with Crippen LogP contribution in [-0.4, -0.2) is 133 Å². The smallest absolute Gasteiger partial charge is 0.319 e. The second-order valence-corrected chi connectivity index (χ2v) is 15.5. The van der Waals surface area contributed by atoms with Gasteiger partial charge in [-0.25, -0.2) is 0 Å². The van der Waals surface area contributed by atoms with E-state index in [1.807, 2.05) is 37.7 Å². The van der Waals surface area contributed by atoms with Gasteiger partial charge >= 0.3 is 5.97 Å². The predicted octanol–water partition coefficient (Wildman–Crippen LogP) is 3.35. The number of likely N-dealkylation sites (N-methyl/N-ethyl adjacent to an activating group) is 1. The summed E-state index contributed by atoms with van der Waals surface area (Å²) in [4.78, 5) is 47.6. The Labute approximate surface area is 277 Å². The van der Waals surface area contributed by atoms with Gasteiger partial charge in [0.15, 0.2) is 12.1 Å². The van der Waals surface area contributed by atoms with E-state index in [9.17, 15) is 19.5 Å². The number of hydrogen-bond donors (Lipinski definition) is 1. The largest absolute Gasteiger partial charge is 0.463 e. The summed E-state index contributed by atoms with van der Waals surface area (Å²) in [5.74, 6) is -1.76. The average molecular weight is 654 g/mol. The van der Waals surface area contributed by atoms with Crippen LogP contribution in [0.1, 0.15) is 88.0 Å². The number of nitrogens with zero attached hydrogens (tertiary/aromatic N) is 3. The lowest BCUT2D eigenvalue weighted by Crippen LogP contribution is -2.59. The number of aliphatic hydroxyl groups excluding tert-OH is 1. The Balaban J connectivity index is 2.03. The molecule has 0 aliphatic carbocycles. The molecule has 11 nitrogen and oxygen atoms in total. The first kappa shape index (κ1) is 38.8. The molecule has 0 saturated carbocycles. The number of esters is 1. The van der Waals surface area contributed by atoms with E-state index in [1.165, 1.54) is 0 Å². The van der Waals surface area contributed by atoms with Crippen LogP contribution in [0.25, 0.3) is 0 Å². The van der Waals surface area contributed by atoms with E-state index >= 15 is 0 Å². The molecule has 3 rings (SSSR count). The van der Waals surface area contributed by atoms with Gasteiger partial charge < -0.3 is 38.8 Å². The van der Waals surface area contributed by atoms with Crippen LogP contribution in [0.2, 0.25) is 0 Å². The van der Waals surface area contributed by atoms with Gasteiger partial charge in [-0.1, -0.05) is 13.8 Å². The Bertz CT molecular complexity index is 1040. The van der Waals surface area contributed by atoms with E-state index in [2.05, 4.69) is 25.7 Å². The van der Waals surface area contributed by atoms with Gasteiger partial charge in [-0.05, 0) is 106 Å². The molecule has 9 atom stereocenters. The SMILES string of the molecule is CO[C@]1(C)C[C@@H](C)CN(C(C)=O)[C@H](C2CCN(C(C)C)CC2)COC(=O)C(C)(C)C(=O)[C@H](C)[C@H]1O[C@@H]1O[C@H](C)C[C@H](N(C)C)[C@H]1O. The van der Waals surface area contributed by atoms with E-state index < -0.39 is 41.4 Å². The molecule has 0 unspecified atom stereocenters. The van der Waals surface area contributed by atoms with E-state index in [4.69, 9.17) is 18.9 Å². The lowest BCUT2D eigenvalue weighted by molar-refractivity contribution is -0.295. The maximum absolute atomic E-state index is 14.3. The molecule has 0 bridgehead atoms. The zero-order chi connectivity index (χ0) is 34.7.